The molecule has 1 aromatic carbocycles. The van der Waals surface area contributed by atoms with Crippen LogP contribution in [0.2, 0.25) is 5.02 Å². The van der Waals surface area contributed by atoms with Crippen LogP contribution in [-0.4, -0.2) is 26.0 Å². The second-order valence-electron chi connectivity index (χ2n) is 4.88. The van der Waals surface area contributed by atoms with Crippen molar-refractivity contribution in [1.29, 1.82) is 0 Å². The van der Waals surface area contributed by atoms with Crippen molar-refractivity contribution >= 4 is 46.3 Å². The Labute approximate surface area is 152 Å². The fraction of sp³-hybridized carbons (Fsp3) is 0.133. The molecule has 1 unspecified atom stereocenters. The molecule has 3 aromatic rings. The average molecular weight is 380 g/mol. The number of amides is 1. The Kier molecular flexibility index (Phi) is 5.08. The minimum Gasteiger partial charge on any atom is -0.335 e. The van der Waals surface area contributed by atoms with Gasteiger partial charge in [0.15, 0.2) is 5.82 Å². The lowest BCUT2D eigenvalue weighted by Gasteiger charge is -2.12. The molecule has 0 aliphatic carbocycles. The van der Waals surface area contributed by atoms with Crippen LogP contribution in [0.15, 0.2) is 46.9 Å². The summed E-state index contributed by atoms with van der Waals surface area (Å²) in [5.41, 5.74) is 0.574. The van der Waals surface area contributed by atoms with Gasteiger partial charge in [-0.05, 0) is 30.5 Å². The van der Waals surface area contributed by atoms with E-state index < -0.39 is 5.25 Å². The van der Waals surface area contributed by atoms with Gasteiger partial charge in [-0.25, -0.2) is 4.68 Å². The van der Waals surface area contributed by atoms with E-state index in [1.807, 2.05) is 23.6 Å². The molecule has 3 rings (SSSR count). The first kappa shape index (κ1) is 16.8. The van der Waals surface area contributed by atoms with Crippen molar-refractivity contribution in [1.82, 2.24) is 14.9 Å². The first-order valence-electron chi connectivity index (χ1n) is 7.02. The van der Waals surface area contributed by atoms with Crippen LogP contribution in [0.5, 0.6) is 0 Å². The highest BCUT2D eigenvalue weighted by molar-refractivity contribution is 8.00. The highest BCUT2D eigenvalue weighted by atomic mass is 35.5. The van der Waals surface area contributed by atoms with Gasteiger partial charge in [-0.2, -0.15) is 0 Å². The maximum Gasteiger partial charge on any atom is 0.237 e. The molecule has 0 fully saturated rings. The largest absolute Gasteiger partial charge is 0.335 e. The number of nitrogen functional groups attached to an aromatic ring is 1. The third-order valence-electron chi connectivity index (χ3n) is 3.19. The summed E-state index contributed by atoms with van der Waals surface area (Å²) in [6.45, 7) is 1.77. The molecule has 124 valence electrons. The number of thiophene rings is 1. The lowest BCUT2D eigenvalue weighted by Crippen LogP contribution is -2.23. The summed E-state index contributed by atoms with van der Waals surface area (Å²) >= 11 is 8.81. The van der Waals surface area contributed by atoms with Gasteiger partial charge < -0.3 is 11.2 Å². The fourth-order valence-electron chi connectivity index (χ4n) is 1.94. The predicted octanol–water partition coefficient (Wildman–Crippen LogP) is 3.49. The Hall–Kier alpha value is -2.03. The van der Waals surface area contributed by atoms with Crippen molar-refractivity contribution in [2.45, 2.75) is 17.3 Å². The minimum absolute atomic E-state index is 0.186. The average Bonchev–Trinajstić information content (AvgIpc) is 3.20. The molecule has 0 aliphatic rings. The third-order valence-corrected chi connectivity index (χ3v) is 5.44. The molecule has 0 bridgehead atoms. The highest BCUT2D eigenvalue weighted by Gasteiger charge is 2.20. The molecular weight excluding hydrogens is 366 g/mol. The number of halogens is 1. The summed E-state index contributed by atoms with van der Waals surface area (Å²) in [6.07, 6.45) is 0. The Balaban J connectivity index is 1.70. The van der Waals surface area contributed by atoms with Gasteiger partial charge in [0.2, 0.25) is 11.1 Å². The smallest absolute Gasteiger partial charge is 0.237 e. The monoisotopic (exact) mass is 379 g/mol. The molecule has 0 saturated carbocycles. The maximum absolute atomic E-state index is 12.3. The zero-order valence-electron chi connectivity index (χ0n) is 12.6. The minimum atomic E-state index is -0.413. The summed E-state index contributed by atoms with van der Waals surface area (Å²) in [4.78, 5) is 13.3. The van der Waals surface area contributed by atoms with E-state index in [-0.39, 0.29) is 5.91 Å². The molecule has 2 heterocycles. The standard InChI is InChI=1S/C15H14ClN5OS2/c1-9(14(22)18-11-6-3-2-5-10(11)16)24-15-20-19-13(21(15)17)12-7-4-8-23-12/h2-9H,17H2,1H3,(H,18,22). The molecule has 1 amide bonds. The van der Waals surface area contributed by atoms with E-state index >= 15 is 0 Å². The summed E-state index contributed by atoms with van der Waals surface area (Å²) < 4.78 is 1.40. The zero-order valence-corrected chi connectivity index (χ0v) is 15.0. The Bertz CT molecular complexity index is 849. The van der Waals surface area contributed by atoms with E-state index in [9.17, 15) is 4.79 Å². The molecule has 0 aliphatic heterocycles. The van der Waals surface area contributed by atoms with Gasteiger partial charge in [0.1, 0.15) is 0 Å². The van der Waals surface area contributed by atoms with Crippen molar-refractivity contribution in [2.75, 3.05) is 11.2 Å². The van der Waals surface area contributed by atoms with Crippen LogP contribution in [0.4, 0.5) is 5.69 Å². The van der Waals surface area contributed by atoms with Crippen molar-refractivity contribution in [3.8, 4) is 10.7 Å². The van der Waals surface area contributed by atoms with Crippen LogP contribution in [0.25, 0.3) is 10.7 Å². The lowest BCUT2D eigenvalue weighted by molar-refractivity contribution is -0.115. The van der Waals surface area contributed by atoms with Gasteiger partial charge in [0.05, 0.1) is 20.8 Å². The number of carbonyl (C=O) groups excluding carboxylic acids is 1. The number of benzene rings is 1. The van der Waals surface area contributed by atoms with Crippen LogP contribution in [0, 0.1) is 0 Å². The number of nitrogens with one attached hydrogen (secondary N) is 1. The van der Waals surface area contributed by atoms with Crippen molar-refractivity contribution in [3.63, 3.8) is 0 Å². The molecule has 6 nitrogen and oxygen atoms in total. The molecule has 0 radical (unpaired) electrons. The highest BCUT2D eigenvalue weighted by Crippen LogP contribution is 2.28. The van der Waals surface area contributed by atoms with Crippen LogP contribution < -0.4 is 11.2 Å². The number of carbonyl (C=O) groups is 1. The Morgan fingerprint density at radius 2 is 2.12 bits per heavy atom. The number of aromatic nitrogens is 3. The summed E-state index contributed by atoms with van der Waals surface area (Å²) in [7, 11) is 0. The number of nitrogens with zero attached hydrogens (tertiary/aromatic N) is 3. The number of nitrogens with two attached hydrogens (primary N) is 1. The van der Waals surface area contributed by atoms with Gasteiger partial charge in [-0.1, -0.05) is 41.6 Å². The number of hydrogen-bond acceptors (Lipinski definition) is 6. The Morgan fingerprint density at radius 3 is 2.83 bits per heavy atom. The quantitative estimate of drug-likeness (QED) is 0.523. The van der Waals surface area contributed by atoms with Crippen LogP contribution in [-0.2, 0) is 4.79 Å². The number of para-hydroxylation sites is 1. The van der Waals surface area contributed by atoms with Gasteiger partial charge in [-0.15, -0.1) is 21.5 Å². The van der Waals surface area contributed by atoms with Crippen LogP contribution in [0.3, 0.4) is 0 Å². The number of anilines is 1. The molecule has 1 atom stereocenters. The number of thioether (sulfide) groups is 1. The van der Waals surface area contributed by atoms with Gasteiger partial charge >= 0.3 is 0 Å². The summed E-state index contributed by atoms with van der Waals surface area (Å²) in [5.74, 6) is 6.43. The van der Waals surface area contributed by atoms with Crippen molar-refractivity contribution < 1.29 is 4.79 Å². The molecule has 3 N–H and O–H groups in total. The van der Waals surface area contributed by atoms with E-state index in [0.717, 1.165) is 4.88 Å². The number of hydrogen-bond donors (Lipinski definition) is 2. The summed E-state index contributed by atoms with van der Waals surface area (Å²) in [6, 6.07) is 10.9. The molecule has 0 saturated heterocycles. The van der Waals surface area contributed by atoms with E-state index in [4.69, 9.17) is 17.4 Å². The van der Waals surface area contributed by atoms with Crippen molar-refractivity contribution in [3.05, 3.63) is 46.8 Å². The van der Waals surface area contributed by atoms with Gasteiger partial charge in [0, 0.05) is 0 Å². The first-order valence-corrected chi connectivity index (χ1v) is 9.16. The maximum atomic E-state index is 12.3. The Morgan fingerprint density at radius 1 is 1.33 bits per heavy atom. The molecule has 24 heavy (non-hydrogen) atoms. The summed E-state index contributed by atoms with van der Waals surface area (Å²) in [5, 5.41) is 13.5. The molecule has 9 heteroatoms. The predicted molar refractivity (Wildman–Crippen MR) is 98.9 cm³/mol. The van der Waals surface area contributed by atoms with E-state index in [1.165, 1.54) is 27.8 Å². The molecule has 0 spiro atoms. The fourth-order valence-corrected chi connectivity index (χ4v) is 3.60. The van der Waals surface area contributed by atoms with Crippen LogP contribution in [0.1, 0.15) is 6.92 Å². The molecule has 2 aromatic heterocycles. The van der Waals surface area contributed by atoms with Crippen molar-refractivity contribution in [2.24, 2.45) is 0 Å². The van der Waals surface area contributed by atoms with Gasteiger partial charge in [-0.3, -0.25) is 4.79 Å². The molecular formula is C15H14ClN5OS2. The van der Waals surface area contributed by atoms with Crippen LogP contribution >= 0.6 is 34.7 Å². The second kappa shape index (κ2) is 7.25. The topological polar surface area (TPSA) is 85.8 Å². The normalized spacial score (nSPS) is 12.1. The van der Waals surface area contributed by atoms with E-state index in [1.54, 1.807) is 25.1 Å². The second-order valence-corrected chi connectivity index (χ2v) is 7.55. The van der Waals surface area contributed by atoms with E-state index in [0.29, 0.717) is 21.7 Å². The van der Waals surface area contributed by atoms with Gasteiger partial charge in [0.25, 0.3) is 0 Å². The first-order chi connectivity index (χ1) is 11.6. The number of rotatable bonds is 5. The zero-order chi connectivity index (χ0) is 17.1. The lowest BCUT2D eigenvalue weighted by atomic mass is 10.3. The SMILES string of the molecule is CC(Sc1nnc(-c2cccs2)n1N)C(=O)Nc1ccccc1Cl. The van der Waals surface area contributed by atoms with E-state index in [2.05, 4.69) is 15.5 Å². The third kappa shape index (κ3) is 3.55.